The lowest BCUT2D eigenvalue weighted by Crippen LogP contribution is -2.00. The molecule has 0 atom stereocenters. The van der Waals surface area contributed by atoms with Crippen LogP contribution in [0.25, 0.3) is 0 Å². The van der Waals surface area contributed by atoms with Gasteiger partial charge in [-0.25, -0.2) is 0 Å². The van der Waals surface area contributed by atoms with Gasteiger partial charge in [0.05, 0.1) is 6.61 Å². The topological polar surface area (TPSA) is 63.6 Å². The Bertz CT molecular complexity index is 261. The molecule has 0 spiro atoms. The van der Waals surface area contributed by atoms with Gasteiger partial charge in [-0.1, -0.05) is 77.0 Å². The minimum absolute atomic E-state index is 0.176. The highest BCUT2D eigenvalue weighted by Gasteiger charge is 1.97. The van der Waals surface area contributed by atoms with E-state index in [1.165, 1.54) is 71.1 Å². The number of carboxylic acids is 1. The van der Waals surface area contributed by atoms with Gasteiger partial charge >= 0.3 is 11.9 Å². The molecule has 0 rings (SSSR count). The number of rotatable bonds is 17. The summed E-state index contributed by atoms with van der Waals surface area (Å²) in [6.45, 7) is 2.03. The van der Waals surface area contributed by atoms with Crippen LogP contribution in [0.15, 0.2) is 0 Å². The van der Waals surface area contributed by atoms with Crippen LogP contribution in [0.1, 0.15) is 103 Å². The third-order valence-electron chi connectivity index (χ3n) is 4.09. The molecule has 0 aliphatic heterocycles. The molecule has 0 saturated heterocycles. The molecule has 0 unspecified atom stereocenters. The standard InChI is InChI=1S/C19H36O4/c1-18(20)23-17-15-13-11-9-7-5-3-2-4-6-8-10-12-14-16-19(21)22/h2-17H2,1H3,(H,21,22). The molecule has 0 radical (unpaired) electrons. The Morgan fingerprint density at radius 1 is 0.652 bits per heavy atom. The molecule has 0 aromatic carbocycles. The Kier molecular flexibility index (Phi) is 16.5. The third-order valence-corrected chi connectivity index (χ3v) is 4.09. The maximum atomic E-state index is 10.6. The molecule has 0 bridgehead atoms. The molecule has 1 N–H and O–H groups in total. The van der Waals surface area contributed by atoms with Gasteiger partial charge in [-0.3, -0.25) is 9.59 Å². The van der Waals surface area contributed by atoms with Crippen molar-refractivity contribution in [1.82, 2.24) is 0 Å². The van der Waals surface area contributed by atoms with E-state index in [-0.39, 0.29) is 5.97 Å². The number of hydrogen-bond acceptors (Lipinski definition) is 3. The first kappa shape index (κ1) is 21.9. The molecule has 0 heterocycles. The zero-order chi connectivity index (χ0) is 17.2. The smallest absolute Gasteiger partial charge is 0.303 e. The second-order valence-corrected chi connectivity index (χ2v) is 6.43. The molecule has 0 aromatic heterocycles. The van der Waals surface area contributed by atoms with Crippen LogP contribution in [0.2, 0.25) is 0 Å². The number of aliphatic carboxylic acids is 1. The summed E-state index contributed by atoms with van der Waals surface area (Å²) >= 11 is 0. The van der Waals surface area contributed by atoms with E-state index < -0.39 is 5.97 Å². The lowest BCUT2D eigenvalue weighted by Gasteiger charge is -2.04. The number of hydrogen-bond donors (Lipinski definition) is 1. The van der Waals surface area contributed by atoms with Gasteiger partial charge in [0.15, 0.2) is 0 Å². The SMILES string of the molecule is CC(=O)OCCCCCCCCCCCCCCCCC(=O)O. The largest absolute Gasteiger partial charge is 0.481 e. The van der Waals surface area contributed by atoms with Gasteiger partial charge in [0.2, 0.25) is 0 Å². The Balaban J connectivity index is 3.00. The van der Waals surface area contributed by atoms with Crippen LogP contribution in [0.3, 0.4) is 0 Å². The predicted molar refractivity (Wildman–Crippen MR) is 93.5 cm³/mol. The lowest BCUT2D eigenvalue weighted by molar-refractivity contribution is -0.141. The zero-order valence-electron chi connectivity index (χ0n) is 15.0. The van der Waals surface area contributed by atoms with Crippen LogP contribution in [0.4, 0.5) is 0 Å². The van der Waals surface area contributed by atoms with Crippen molar-refractivity contribution in [2.75, 3.05) is 6.61 Å². The van der Waals surface area contributed by atoms with Crippen molar-refractivity contribution in [3.8, 4) is 0 Å². The summed E-state index contributed by atoms with van der Waals surface area (Å²) in [7, 11) is 0. The Morgan fingerprint density at radius 3 is 1.35 bits per heavy atom. The number of ether oxygens (including phenoxy) is 1. The van der Waals surface area contributed by atoms with Crippen molar-refractivity contribution >= 4 is 11.9 Å². The van der Waals surface area contributed by atoms with Crippen LogP contribution in [0, 0.1) is 0 Å². The summed E-state index contributed by atoms with van der Waals surface area (Å²) in [5.41, 5.74) is 0. The maximum absolute atomic E-state index is 10.6. The second-order valence-electron chi connectivity index (χ2n) is 6.43. The molecule has 4 heteroatoms. The van der Waals surface area contributed by atoms with Gasteiger partial charge in [0.1, 0.15) is 0 Å². The third kappa shape index (κ3) is 20.9. The van der Waals surface area contributed by atoms with Crippen LogP contribution in [-0.4, -0.2) is 23.7 Å². The average molecular weight is 328 g/mol. The lowest BCUT2D eigenvalue weighted by atomic mass is 10.0. The van der Waals surface area contributed by atoms with E-state index in [1.54, 1.807) is 0 Å². The highest BCUT2D eigenvalue weighted by Crippen LogP contribution is 2.13. The van der Waals surface area contributed by atoms with Crippen molar-refractivity contribution in [1.29, 1.82) is 0 Å². The van der Waals surface area contributed by atoms with Crippen molar-refractivity contribution < 1.29 is 19.4 Å². The number of carbonyl (C=O) groups excluding carboxylic acids is 1. The van der Waals surface area contributed by atoms with Crippen LogP contribution >= 0.6 is 0 Å². The van der Waals surface area contributed by atoms with Crippen LogP contribution in [0.5, 0.6) is 0 Å². The molecule has 4 nitrogen and oxygen atoms in total. The number of carbonyl (C=O) groups is 2. The van der Waals surface area contributed by atoms with Crippen molar-refractivity contribution in [2.45, 2.75) is 103 Å². The monoisotopic (exact) mass is 328 g/mol. The van der Waals surface area contributed by atoms with E-state index in [2.05, 4.69) is 0 Å². The molecule has 0 amide bonds. The van der Waals surface area contributed by atoms with E-state index in [0.717, 1.165) is 25.7 Å². The predicted octanol–water partition coefficient (Wildman–Crippen LogP) is 5.49. The Morgan fingerprint density at radius 2 is 1.00 bits per heavy atom. The van der Waals surface area contributed by atoms with E-state index in [4.69, 9.17) is 9.84 Å². The van der Waals surface area contributed by atoms with Gasteiger partial charge in [0.25, 0.3) is 0 Å². The Labute approximate surface area is 142 Å². The fourth-order valence-electron chi connectivity index (χ4n) is 2.72. The zero-order valence-corrected chi connectivity index (χ0v) is 15.0. The fraction of sp³-hybridized carbons (Fsp3) is 0.895. The summed E-state index contributed by atoms with van der Waals surface area (Å²) in [5, 5.41) is 8.53. The fourth-order valence-corrected chi connectivity index (χ4v) is 2.72. The van der Waals surface area contributed by atoms with Crippen molar-refractivity contribution in [2.24, 2.45) is 0 Å². The number of carboxylic acid groups (broad SMARTS) is 1. The summed E-state index contributed by atoms with van der Waals surface area (Å²) in [5.74, 6) is -0.848. The van der Waals surface area contributed by atoms with Gasteiger partial charge in [-0.05, 0) is 12.8 Å². The second kappa shape index (κ2) is 17.3. The first-order chi connectivity index (χ1) is 11.1. The highest BCUT2D eigenvalue weighted by atomic mass is 16.5. The van der Waals surface area contributed by atoms with E-state index in [0.29, 0.717) is 13.0 Å². The molecule has 136 valence electrons. The van der Waals surface area contributed by atoms with E-state index in [9.17, 15) is 9.59 Å². The molecule has 0 aliphatic rings. The molecule has 0 saturated carbocycles. The van der Waals surface area contributed by atoms with Gasteiger partial charge in [-0.2, -0.15) is 0 Å². The Hall–Kier alpha value is -1.06. The number of esters is 1. The summed E-state index contributed by atoms with van der Waals surface area (Å²) in [4.78, 5) is 20.9. The minimum Gasteiger partial charge on any atom is -0.481 e. The van der Waals surface area contributed by atoms with Gasteiger partial charge in [-0.15, -0.1) is 0 Å². The normalized spacial score (nSPS) is 10.7. The molecular formula is C19H36O4. The van der Waals surface area contributed by atoms with Gasteiger partial charge in [0, 0.05) is 13.3 Å². The molecule has 0 aliphatic carbocycles. The van der Waals surface area contributed by atoms with Crippen molar-refractivity contribution in [3.05, 3.63) is 0 Å². The average Bonchev–Trinajstić information content (AvgIpc) is 2.49. The number of unbranched alkanes of at least 4 members (excludes halogenated alkanes) is 13. The molecule has 0 aromatic rings. The van der Waals surface area contributed by atoms with Crippen LogP contribution < -0.4 is 0 Å². The van der Waals surface area contributed by atoms with Crippen LogP contribution in [-0.2, 0) is 14.3 Å². The summed E-state index contributed by atoms with van der Waals surface area (Å²) < 4.78 is 4.90. The van der Waals surface area contributed by atoms with E-state index >= 15 is 0 Å². The summed E-state index contributed by atoms with van der Waals surface area (Å²) in [6.07, 6.45) is 17.3. The quantitative estimate of drug-likeness (QED) is 0.283. The molecule has 23 heavy (non-hydrogen) atoms. The molecular weight excluding hydrogens is 292 g/mol. The van der Waals surface area contributed by atoms with E-state index in [1.807, 2.05) is 0 Å². The highest BCUT2D eigenvalue weighted by molar-refractivity contribution is 5.66. The van der Waals surface area contributed by atoms with Gasteiger partial charge < -0.3 is 9.84 Å². The first-order valence-corrected chi connectivity index (χ1v) is 9.48. The maximum Gasteiger partial charge on any atom is 0.303 e. The minimum atomic E-state index is -0.672. The first-order valence-electron chi connectivity index (χ1n) is 9.48. The summed E-state index contributed by atoms with van der Waals surface area (Å²) in [6, 6.07) is 0. The molecule has 0 fully saturated rings. The van der Waals surface area contributed by atoms with Crippen molar-refractivity contribution in [3.63, 3.8) is 0 Å².